The lowest BCUT2D eigenvalue weighted by Crippen LogP contribution is -2.14. The number of benzene rings is 2. The van der Waals surface area contributed by atoms with E-state index in [2.05, 4.69) is 10.4 Å². The highest BCUT2D eigenvalue weighted by Crippen LogP contribution is 2.30. The number of nitrogens with one attached hydrogen (secondary N) is 1. The molecule has 0 fully saturated rings. The maximum absolute atomic E-state index is 13.6. The van der Waals surface area contributed by atoms with Gasteiger partial charge in [-0.15, -0.1) is 0 Å². The topological polar surface area (TPSA) is 46.9 Å². The van der Waals surface area contributed by atoms with Crippen LogP contribution < -0.4 is 5.32 Å². The number of rotatable bonds is 4. The number of carbonyl (C=O) groups excluding carboxylic acids is 1. The molecule has 1 N–H and O–H groups in total. The SMILES string of the molecule is Cn1cc(C(=O)Nc2cc(F)ccc2-c2cccc(F)c2)c(C(F)F)n1. The van der Waals surface area contributed by atoms with Crippen molar-refractivity contribution in [2.45, 2.75) is 6.43 Å². The average molecular weight is 363 g/mol. The molecule has 0 bridgehead atoms. The van der Waals surface area contributed by atoms with E-state index >= 15 is 0 Å². The Balaban J connectivity index is 2.00. The summed E-state index contributed by atoms with van der Waals surface area (Å²) in [7, 11) is 1.41. The van der Waals surface area contributed by atoms with Gasteiger partial charge in [-0.2, -0.15) is 5.10 Å². The first-order valence-electron chi connectivity index (χ1n) is 7.53. The van der Waals surface area contributed by atoms with Crippen LogP contribution in [-0.4, -0.2) is 15.7 Å². The Bertz CT molecular complexity index is 969. The van der Waals surface area contributed by atoms with Crippen molar-refractivity contribution in [2.24, 2.45) is 7.05 Å². The lowest BCUT2D eigenvalue weighted by molar-refractivity contribution is 0.101. The van der Waals surface area contributed by atoms with Crippen molar-refractivity contribution >= 4 is 11.6 Å². The molecule has 0 spiro atoms. The number of hydrogen-bond donors (Lipinski definition) is 1. The summed E-state index contributed by atoms with van der Waals surface area (Å²) >= 11 is 0. The molecule has 0 aliphatic carbocycles. The molecule has 2 aromatic carbocycles. The molecule has 1 heterocycles. The van der Waals surface area contributed by atoms with E-state index in [0.29, 0.717) is 11.1 Å². The Morgan fingerprint density at radius 1 is 1.12 bits per heavy atom. The van der Waals surface area contributed by atoms with Crippen molar-refractivity contribution in [3.05, 3.63) is 71.6 Å². The molecule has 0 unspecified atom stereocenters. The summed E-state index contributed by atoms with van der Waals surface area (Å²) in [5, 5.41) is 5.97. The van der Waals surface area contributed by atoms with Crippen molar-refractivity contribution in [3.8, 4) is 11.1 Å². The van der Waals surface area contributed by atoms with Gasteiger partial charge in [-0.3, -0.25) is 9.48 Å². The number of anilines is 1. The van der Waals surface area contributed by atoms with E-state index in [1.807, 2.05) is 0 Å². The van der Waals surface area contributed by atoms with Gasteiger partial charge in [0.1, 0.15) is 17.3 Å². The fourth-order valence-electron chi connectivity index (χ4n) is 2.56. The molecule has 134 valence electrons. The first-order chi connectivity index (χ1) is 12.3. The molecule has 1 amide bonds. The molecule has 0 saturated heterocycles. The molecule has 0 aliphatic rings. The Morgan fingerprint density at radius 2 is 1.85 bits per heavy atom. The minimum Gasteiger partial charge on any atom is -0.321 e. The van der Waals surface area contributed by atoms with E-state index in [9.17, 15) is 22.4 Å². The van der Waals surface area contributed by atoms with Gasteiger partial charge in [0.2, 0.25) is 0 Å². The maximum Gasteiger partial charge on any atom is 0.282 e. The highest BCUT2D eigenvalue weighted by molar-refractivity contribution is 6.06. The predicted molar refractivity (Wildman–Crippen MR) is 87.9 cm³/mol. The van der Waals surface area contributed by atoms with Crippen LogP contribution >= 0.6 is 0 Å². The lowest BCUT2D eigenvalue weighted by Gasteiger charge is -2.12. The molecule has 0 atom stereocenters. The fraction of sp³-hybridized carbons (Fsp3) is 0.111. The number of aryl methyl sites for hydroxylation is 1. The van der Waals surface area contributed by atoms with Gasteiger partial charge in [0.15, 0.2) is 0 Å². The maximum atomic E-state index is 13.6. The zero-order chi connectivity index (χ0) is 18.8. The van der Waals surface area contributed by atoms with E-state index in [4.69, 9.17) is 0 Å². The standard InChI is InChI=1S/C18H13F4N3O/c1-25-9-14(16(24-25)17(21)22)18(26)23-15-8-12(20)5-6-13(15)10-3-2-4-11(19)7-10/h2-9,17H,1H3,(H,23,26). The minimum absolute atomic E-state index is 0.0321. The summed E-state index contributed by atoms with van der Waals surface area (Å²) in [5.74, 6) is -2.01. The second-order valence-electron chi connectivity index (χ2n) is 5.56. The van der Waals surface area contributed by atoms with Gasteiger partial charge < -0.3 is 5.32 Å². The quantitative estimate of drug-likeness (QED) is 0.691. The fourth-order valence-corrected chi connectivity index (χ4v) is 2.56. The predicted octanol–water partition coefficient (Wildman–Crippen LogP) is 4.56. The van der Waals surface area contributed by atoms with Gasteiger partial charge in [-0.1, -0.05) is 12.1 Å². The molecule has 3 rings (SSSR count). The van der Waals surface area contributed by atoms with Crippen LogP contribution in [0.5, 0.6) is 0 Å². The number of aromatic nitrogens is 2. The first kappa shape index (κ1) is 17.7. The van der Waals surface area contributed by atoms with Gasteiger partial charge >= 0.3 is 0 Å². The van der Waals surface area contributed by atoms with Crippen LogP contribution in [0.15, 0.2) is 48.7 Å². The molecule has 1 aromatic heterocycles. The molecule has 8 heteroatoms. The third-order valence-corrected chi connectivity index (χ3v) is 3.67. The third-order valence-electron chi connectivity index (χ3n) is 3.67. The van der Waals surface area contributed by atoms with E-state index in [1.165, 1.54) is 31.3 Å². The number of alkyl halides is 2. The Morgan fingerprint density at radius 3 is 2.54 bits per heavy atom. The molecule has 4 nitrogen and oxygen atoms in total. The van der Waals surface area contributed by atoms with Gasteiger partial charge in [0.25, 0.3) is 12.3 Å². The highest BCUT2D eigenvalue weighted by atomic mass is 19.3. The smallest absolute Gasteiger partial charge is 0.282 e. The lowest BCUT2D eigenvalue weighted by atomic mass is 10.0. The van der Waals surface area contributed by atoms with Gasteiger partial charge in [-0.25, -0.2) is 17.6 Å². The Labute approximate surface area is 146 Å². The average Bonchev–Trinajstić information content (AvgIpc) is 2.97. The minimum atomic E-state index is -2.94. The summed E-state index contributed by atoms with van der Waals surface area (Å²) < 4.78 is 54.3. The van der Waals surface area contributed by atoms with Crippen LogP contribution in [0.25, 0.3) is 11.1 Å². The van der Waals surface area contributed by atoms with Crippen LogP contribution in [-0.2, 0) is 7.05 Å². The van der Waals surface area contributed by atoms with Crippen LogP contribution in [0.2, 0.25) is 0 Å². The van der Waals surface area contributed by atoms with Crippen molar-refractivity contribution < 1.29 is 22.4 Å². The van der Waals surface area contributed by atoms with Crippen LogP contribution in [0.1, 0.15) is 22.5 Å². The summed E-state index contributed by atoms with van der Waals surface area (Å²) in [4.78, 5) is 12.4. The molecule has 0 aliphatic heterocycles. The van der Waals surface area contributed by atoms with E-state index in [0.717, 1.165) is 23.0 Å². The second kappa shape index (κ2) is 6.99. The summed E-state index contributed by atoms with van der Waals surface area (Å²) in [6.45, 7) is 0. The second-order valence-corrected chi connectivity index (χ2v) is 5.56. The van der Waals surface area contributed by atoms with Gasteiger partial charge in [0.05, 0.1) is 11.3 Å². The molecular weight excluding hydrogens is 350 g/mol. The summed E-state index contributed by atoms with van der Waals surface area (Å²) in [6, 6.07) is 9.09. The molecule has 0 radical (unpaired) electrons. The van der Waals surface area contributed by atoms with Gasteiger partial charge in [0, 0.05) is 18.8 Å². The Kier molecular flexibility index (Phi) is 4.75. The van der Waals surface area contributed by atoms with Crippen LogP contribution in [0, 0.1) is 11.6 Å². The third kappa shape index (κ3) is 3.58. The van der Waals surface area contributed by atoms with E-state index in [-0.39, 0.29) is 11.3 Å². The zero-order valence-corrected chi connectivity index (χ0v) is 13.5. The van der Waals surface area contributed by atoms with Crippen molar-refractivity contribution in [1.82, 2.24) is 9.78 Å². The van der Waals surface area contributed by atoms with Crippen molar-refractivity contribution in [2.75, 3.05) is 5.32 Å². The van der Waals surface area contributed by atoms with E-state index in [1.54, 1.807) is 6.07 Å². The van der Waals surface area contributed by atoms with Crippen LogP contribution in [0.4, 0.5) is 23.2 Å². The zero-order valence-electron chi connectivity index (χ0n) is 13.5. The number of carbonyl (C=O) groups is 1. The van der Waals surface area contributed by atoms with Crippen molar-refractivity contribution in [3.63, 3.8) is 0 Å². The first-order valence-corrected chi connectivity index (χ1v) is 7.53. The number of halogens is 4. The Hall–Kier alpha value is -3.16. The monoisotopic (exact) mass is 363 g/mol. The largest absolute Gasteiger partial charge is 0.321 e. The number of amides is 1. The molecule has 0 saturated carbocycles. The van der Waals surface area contributed by atoms with Crippen LogP contribution in [0.3, 0.4) is 0 Å². The number of hydrogen-bond acceptors (Lipinski definition) is 2. The number of nitrogens with zero attached hydrogens (tertiary/aromatic N) is 2. The molecule has 3 aromatic rings. The normalized spacial score (nSPS) is 11.0. The van der Waals surface area contributed by atoms with Crippen molar-refractivity contribution in [1.29, 1.82) is 0 Å². The van der Waals surface area contributed by atoms with E-state index < -0.39 is 29.7 Å². The summed E-state index contributed by atoms with van der Waals surface area (Å²) in [5.41, 5.74) is -0.211. The molecule has 26 heavy (non-hydrogen) atoms. The molecular formula is C18H13F4N3O. The highest BCUT2D eigenvalue weighted by Gasteiger charge is 2.23. The summed E-state index contributed by atoms with van der Waals surface area (Å²) in [6.07, 6.45) is -1.79. The van der Waals surface area contributed by atoms with Gasteiger partial charge in [-0.05, 0) is 35.9 Å².